The van der Waals surface area contributed by atoms with Crippen LogP contribution in [-0.2, 0) is 23.5 Å². The smallest absolute Gasteiger partial charge is 0.222 e. The minimum Gasteiger partial charge on any atom is -0.466 e. The summed E-state index contributed by atoms with van der Waals surface area (Å²) < 4.78 is 5.56. The van der Waals surface area contributed by atoms with Crippen molar-refractivity contribution >= 4 is 35.8 Å². The standard InChI is InChI=1S/C24H34N4O3.HI/c1-5-25-23(27-16-24(4,30)21-13-17(2)31-18(21)3)26-14-19-8-10-20(11-9-19)15-28-12-6-7-22(28)29;/h8-11,13,30H,5-7,12,14-16H2,1-4H3,(H2,25,26,27);1H. The van der Waals surface area contributed by atoms with Crippen molar-refractivity contribution in [2.45, 2.75) is 59.2 Å². The van der Waals surface area contributed by atoms with Gasteiger partial charge in [0.1, 0.15) is 17.1 Å². The molecule has 32 heavy (non-hydrogen) atoms. The maximum Gasteiger partial charge on any atom is 0.222 e. The average Bonchev–Trinajstić information content (AvgIpc) is 3.29. The van der Waals surface area contributed by atoms with E-state index in [0.29, 0.717) is 32.0 Å². The third-order valence-electron chi connectivity index (χ3n) is 5.55. The number of aliphatic hydroxyl groups is 1. The summed E-state index contributed by atoms with van der Waals surface area (Å²) in [5.41, 5.74) is 1.92. The number of nitrogens with one attached hydrogen (secondary N) is 2. The summed E-state index contributed by atoms with van der Waals surface area (Å²) in [5.74, 6) is 2.40. The van der Waals surface area contributed by atoms with Crippen LogP contribution >= 0.6 is 24.0 Å². The first-order valence-electron chi connectivity index (χ1n) is 11.0. The summed E-state index contributed by atoms with van der Waals surface area (Å²) in [7, 11) is 0. The van der Waals surface area contributed by atoms with Gasteiger partial charge in [-0.1, -0.05) is 24.3 Å². The van der Waals surface area contributed by atoms with Crippen LogP contribution in [0.3, 0.4) is 0 Å². The molecule has 1 aromatic heterocycles. The summed E-state index contributed by atoms with van der Waals surface area (Å²) in [6.07, 6.45) is 1.62. The van der Waals surface area contributed by atoms with Crippen molar-refractivity contribution in [3.63, 3.8) is 0 Å². The lowest BCUT2D eigenvalue weighted by Gasteiger charge is -2.24. The molecule has 7 nitrogen and oxygen atoms in total. The molecule has 8 heteroatoms. The van der Waals surface area contributed by atoms with Crippen LogP contribution < -0.4 is 10.6 Å². The molecule has 1 saturated heterocycles. The molecular weight excluding hydrogens is 519 g/mol. The Morgan fingerprint density at radius 2 is 1.91 bits per heavy atom. The number of likely N-dealkylation sites (tertiary alicyclic amines) is 1. The van der Waals surface area contributed by atoms with Crippen molar-refractivity contribution in [1.29, 1.82) is 0 Å². The number of hydrogen-bond donors (Lipinski definition) is 3. The van der Waals surface area contributed by atoms with Gasteiger partial charge in [-0.2, -0.15) is 0 Å². The first-order valence-corrected chi connectivity index (χ1v) is 11.0. The number of carbonyl (C=O) groups excluding carboxylic acids is 1. The molecule has 2 heterocycles. The van der Waals surface area contributed by atoms with E-state index >= 15 is 0 Å². The van der Waals surface area contributed by atoms with E-state index < -0.39 is 5.60 Å². The molecule has 1 fully saturated rings. The number of halogens is 1. The van der Waals surface area contributed by atoms with E-state index in [2.05, 4.69) is 39.9 Å². The van der Waals surface area contributed by atoms with E-state index in [1.54, 1.807) is 6.92 Å². The molecular formula is C24H35IN4O3. The van der Waals surface area contributed by atoms with E-state index in [1.165, 1.54) is 0 Å². The highest BCUT2D eigenvalue weighted by Crippen LogP contribution is 2.26. The lowest BCUT2D eigenvalue weighted by atomic mass is 9.96. The van der Waals surface area contributed by atoms with Gasteiger partial charge in [-0.05, 0) is 51.3 Å². The van der Waals surface area contributed by atoms with E-state index in [4.69, 9.17) is 4.42 Å². The Kier molecular flexibility index (Phi) is 9.57. The van der Waals surface area contributed by atoms with Gasteiger partial charge in [0.2, 0.25) is 5.91 Å². The van der Waals surface area contributed by atoms with Gasteiger partial charge < -0.3 is 25.1 Å². The maximum atomic E-state index is 11.8. The fourth-order valence-corrected chi connectivity index (χ4v) is 3.87. The largest absolute Gasteiger partial charge is 0.466 e. The second-order valence-corrected chi connectivity index (χ2v) is 8.38. The van der Waals surface area contributed by atoms with Gasteiger partial charge >= 0.3 is 0 Å². The quantitative estimate of drug-likeness (QED) is 0.264. The van der Waals surface area contributed by atoms with Crippen LogP contribution in [0.5, 0.6) is 0 Å². The second kappa shape index (κ2) is 11.7. The highest BCUT2D eigenvalue weighted by Gasteiger charge is 2.28. The molecule has 1 aromatic carbocycles. The highest BCUT2D eigenvalue weighted by molar-refractivity contribution is 14.0. The molecule has 1 atom stereocenters. The van der Waals surface area contributed by atoms with E-state index in [9.17, 15) is 9.90 Å². The fraction of sp³-hybridized carbons (Fsp3) is 0.500. The van der Waals surface area contributed by atoms with Crippen LogP contribution in [0.2, 0.25) is 0 Å². The zero-order chi connectivity index (χ0) is 22.4. The zero-order valence-corrected chi connectivity index (χ0v) is 21.7. The van der Waals surface area contributed by atoms with E-state index in [0.717, 1.165) is 47.7 Å². The lowest BCUT2D eigenvalue weighted by Crippen LogP contribution is -2.44. The van der Waals surface area contributed by atoms with Gasteiger partial charge in [0.15, 0.2) is 5.96 Å². The van der Waals surface area contributed by atoms with Crippen LogP contribution in [0.15, 0.2) is 39.7 Å². The van der Waals surface area contributed by atoms with E-state index in [1.807, 2.05) is 31.7 Å². The molecule has 2 aromatic rings. The van der Waals surface area contributed by atoms with Gasteiger partial charge in [0.05, 0.1) is 13.1 Å². The van der Waals surface area contributed by atoms with Crippen LogP contribution in [-0.4, -0.2) is 41.5 Å². The number of guanidine groups is 1. The highest BCUT2D eigenvalue weighted by atomic mass is 127. The van der Waals surface area contributed by atoms with Crippen molar-refractivity contribution in [2.24, 2.45) is 4.99 Å². The Hall–Kier alpha value is -2.07. The Bertz CT molecular complexity index is 922. The number of aliphatic imine (C=N–C) groups is 1. The number of carbonyl (C=O) groups is 1. The summed E-state index contributed by atoms with van der Waals surface area (Å²) in [5, 5.41) is 17.4. The minimum atomic E-state index is -1.08. The molecule has 3 N–H and O–H groups in total. The summed E-state index contributed by atoms with van der Waals surface area (Å²) >= 11 is 0. The number of benzene rings is 1. The first-order chi connectivity index (χ1) is 14.8. The van der Waals surface area contributed by atoms with Gasteiger partial charge in [-0.3, -0.25) is 4.79 Å². The molecule has 0 spiro atoms. The van der Waals surface area contributed by atoms with Gasteiger partial charge in [0, 0.05) is 31.6 Å². The predicted octanol–water partition coefficient (Wildman–Crippen LogP) is 3.60. The van der Waals surface area contributed by atoms with Crippen molar-refractivity contribution in [3.05, 3.63) is 58.5 Å². The summed E-state index contributed by atoms with van der Waals surface area (Å²) in [6, 6.07) is 10.1. The second-order valence-electron chi connectivity index (χ2n) is 8.38. The SMILES string of the molecule is CCNC(=NCc1ccc(CN2CCCC2=O)cc1)NCC(C)(O)c1cc(C)oc1C.I. The van der Waals surface area contributed by atoms with Crippen molar-refractivity contribution in [2.75, 3.05) is 19.6 Å². The van der Waals surface area contributed by atoms with E-state index in [-0.39, 0.29) is 29.9 Å². The number of aryl methyl sites for hydroxylation is 2. The Balaban J connectivity index is 0.00000363. The van der Waals surface area contributed by atoms with Gasteiger partial charge in [-0.15, -0.1) is 24.0 Å². The molecule has 0 bridgehead atoms. The molecule has 3 rings (SSSR count). The zero-order valence-electron chi connectivity index (χ0n) is 19.4. The van der Waals surface area contributed by atoms with Crippen molar-refractivity contribution in [1.82, 2.24) is 15.5 Å². The summed E-state index contributed by atoms with van der Waals surface area (Å²) in [6.45, 7) is 10.6. The molecule has 1 aliphatic heterocycles. The maximum absolute atomic E-state index is 11.8. The normalized spacial score (nSPS) is 16.0. The number of furan rings is 1. The molecule has 0 radical (unpaired) electrons. The molecule has 0 aliphatic carbocycles. The van der Waals surface area contributed by atoms with Gasteiger partial charge in [-0.25, -0.2) is 4.99 Å². The molecule has 1 unspecified atom stereocenters. The van der Waals surface area contributed by atoms with Crippen molar-refractivity contribution in [3.8, 4) is 0 Å². The monoisotopic (exact) mass is 554 g/mol. The Morgan fingerprint density at radius 3 is 2.47 bits per heavy atom. The number of amides is 1. The van der Waals surface area contributed by atoms with Crippen LogP contribution in [0.1, 0.15) is 54.9 Å². The first kappa shape index (κ1) is 26.2. The van der Waals surface area contributed by atoms with Crippen LogP contribution in [0.4, 0.5) is 0 Å². The number of hydrogen-bond acceptors (Lipinski definition) is 4. The van der Waals surface area contributed by atoms with Gasteiger partial charge in [0.25, 0.3) is 0 Å². The van der Waals surface area contributed by atoms with Crippen molar-refractivity contribution < 1.29 is 14.3 Å². The third-order valence-corrected chi connectivity index (χ3v) is 5.55. The minimum absolute atomic E-state index is 0. The fourth-order valence-electron chi connectivity index (χ4n) is 3.87. The lowest BCUT2D eigenvalue weighted by molar-refractivity contribution is -0.128. The third kappa shape index (κ3) is 6.96. The molecule has 0 saturated carbocycles. The molecule has 1 amide bonds. The topological polar surface area (TPSA) is 90.1 Å². The Morgan fingerprint density at radius 1 is 1.22 bits per heavy atom. The van der Waals surface area contributed by atoms with Crippen LogP contribution in [0, 0.1) is 13.8 Å². The average molecular weight is 554 g/mol. The number of rotatable bonds is 8. The van der Waals surface area contributed by atoms with Crippen LogP contribution in [0.25, 0.3) is 0 Å². The predicted molar refractivity (Wildman–Crippen MR) is 137 cm³/mol. The summed E-state index contributed by atoms with van der Waals surface area (Å²) in [4.78, 5) is 18.4. The Labute approximate surface area is 207 Å². The molecule has 176 valence electrons. The number of nitrogens with zero attached hydrogens (tertiary/aromatic N) is 2. The molecule has 1 aliphatic rings.